The Kier molecular flexibility index (Phi) is 5.10. The van der Waals surface area contributed by atoms with Gasteiger partial charge in [0.25, 0.3) is 5.91 Å². The minimum absolute atomic E-state index is 0.0304. The Morgan fingerprint density at radius 1 is 1.20 bits per heavy atom. The molecule has 1 atom stereocenters. The second kappa shape index (κ2) is 7.13. The second-order valence-corrected chi connectivity index (χ2v) is 8.44. The van der Waals surface area contributed by atoms with Crippen LogP contribution in [0.25, 0.3) is 0 Å². The highest BCUT2D eigenvalue weighted by atomic mass is 32.2. The molecule has 1 aliphatic heterocycles. The lowest BCUT2D eigenvalue weighted by Gasteiger charge is -2.33. The van der Waals surface area contributed by atoms with Crippen LogP contribution < -0.4 is 4.72 Å². The lowest BCUT2D eigenvalue weighted by Crippen LogP contribution is -2.48. The zero-order chi connectivity index (χ0) is 18.0. The maximum atomic E-state index is 12.7. The van der Waals surface area contributed by atoms with E-state index in [1.807, 2.05) is 0 Å². The van der Waals surface area contributed by atoms with Gasteiger partial charge in [-0.15, -0.1) is 0 Å². The van der Waals surface area contributed by atoms with Gasteiger partial charge >= 0.3 is 5.97 Å². The minimum Gasteiger partial charge on any atom is -0.480 e. The lowest BCUT2D eigenvalue weighted by molar-refractivity contribution is -0.143. The second-order valence-electron chi connectivity index (χ2n) is 6.67. The van der Waals surface area contributed by atoms with Crippen LogP contribution in [0.5, 0.6) is 0 Å². The summed E-state index contributed by atoms with van der Waals surface area (Å²) in [6.45, 7) is 0.778. The van der Waals surface area contributed by atoms with E-state index in [-0.39, 0.29) is 10.5 Å². The highest BCUT2D eigenvalue weighted by molar-refractivity contribution is 7.89. The molecule has 1 saturated carbocycles. The van der Waals surface area contributed by atoms with Crippen molar-refractivity contribution in [3.63, 3.8) is 0 Å². The third kappa shape index (κ3) is 4.19. The molecule has 8 heteroatoms. The fourth-order valence-corrected chi connectivity index (χ4v) is 4.19. The highest BCUT2D eigenvalue weighted by Gasteiger charge is 2.33. The monoisotopic (exact) mass is 366 g/mol. The van der Waals surface area contributed by atoms with Crippen molar-refractivity contribution in [1.29, 1.82) is 0 Å². The number of benzene rings is 1. The number of piperidine rings is 1. The van der Waals surface area contributed by atoms with Gasteiger partial charge in [-0.25, -0.2) is 17.9 Å². The fraction of sp³-hybridized carbons (Fsp3) is 0.529. The van der Waals surface area contributed by atoms with E-state index in [9.17, 15) is 23.1 Å². The molecule has 25 heavy (non-hydrogen) atoms. The third-order valence-corrected chi connectivity index (χ3v) is 6.12. The molecule has 136 valence electrons. The Hall–Kier alpha value is -1.93. The minimum atomic E-state index is -3.67. The Morgan fingerprint density at radius 3 is 2.64 bits per heavy atom. The predicted molar refractivity (Wildman–Crippen MR) is 90.7 cm³/mol. The molecule has 0 aromatic heterocycles. The van der Waals surface area contributed by atoms with Crippen molar-refractivity contribution in [3.8, 4) is 0 Å². The molecule has 1 aromatic carbocycles. The average Bonchev–Trinajstić information content (AvgIpc) is 3.44. The van der Waals surface area contributed by atoms with Gasteiger partial charge in [0, 0.05) is 18.7 Å². The van der Waals surface area contributed by atoms with E-state index in [0.29, 0.717) is 25.4 Å². The van der Waals surface area contributed by atoms with Gasteiger partial charge in [0.15, 0.2) is 0 Å². The number of sulfonamides is 1. The van der Waals surface area contributed by atoms with Crippen molar-refractivity contribution in [3.05, 3.63) is 29.8 Å². The molecule has 0 bridgehead atoms. The molecule has 7 nitrogen and oxygen atoms in total. The predicted octanol–water partition coefficient (Wildman–Crippen LogP) is 1.45. The molecule has 1 amide bonds. The average molecular weight is 366 g/mol. The molecule has 1 aliphatic carbocycles. The number of carboxylic acids is 1. The number of aliphatic carboxylic acids is 1. The van der Waals surface area contributed by atoms with Gasteiger partial charge in [-0.3, -0.25) is 4.79 Å². The Bertz CT molecular complexity index is 773. The van der Waals surface area contributed by atoms with E-state index in [4.69, 9.17) is 0 Å². The normalized spacial score (nSPS) is 21.1. The van der Waals surface area contributed by atoms with E-state index in [1.165, 1.54) is 29.2 Å². The summed E-state index contributed by atoms with van der Waals surface area (Å²) in [5.74, 6) is -1.06. The Labute approximate surface area is 147 Å². The summed E-state index contributed by atoms with van der Waals surface area (Å²) in [7, 11) is -3.67. The summed E-state index contributed by atoms with van der Waals surface area (Å²) in [5, 5.41) is 9.32. The van der Waals surface area contributed by atoms with Crippen LogP contribution in [0, 0.1) is 5.92 Å². The van der Waals surface area contributed by atoms with Gasteiger partial charge in [-0.2, -0.15) is 0 Å². The standard InChI is InChI=1S/C17H22N2O5S/c20-16(19-9-2-1-6-15(19)17(21)22)13-4-3-5-14(10-13)25(23,24)18-11-12-7-8-12/h3-5,10,12,15,18H,1-2,6-9,11H2,(H,21,22). The number of rotatable bonds is 6. The van der Waals surface area contributed by atoms with Crippen molar-refractivity contribution in [2.24, 2.45) is 5.92 Å². The number of hydrogen-bond acceptors (Lipinski definition) is 4. The van der Waals surface area contributed by atoms with Crippen molar-refractivity contribution < 1.29 is 23.1 Å². The summed E-state index contributed by atoms with van der Waals surface area (Å²) >= 11 is 0. The zero-order valence-corrected chi connectivity index (χ0v) is 14.7. The van der Waals surface area contributed by atoms with Gasteiger partial charge in [-0.05, 0) is 56.2 Å². The molecule has 1 aromatic rings. The topological polar surface area (TPSA) is 104 Å². The summed E-state index contributed by atoms with van der Waals surface area (Å²) in [4.78, 5) is 25.5. The van der Waals surface area contributed by atoms with Crippen LogP contribution in [0.4, 0.5) is 0 Å². The van der Waals surface area contributed by atoms with Gasteiger partial charge < -0.3 is 10.0 Å². The molecular weight excluding hydrogens is 344 g/mol. The zero-order valence-electron chi connectivity index (χ0n) is 13.8. The molecule has 3 rings (SSSR count). The molecule has 1 saturated heterocycles. The first-order valence-corrected chi connectivity index (χ1v) is 10.0. The van der Waals surface area contributed by atoms with Crippen LogP contribution in [0.2, 0.25) is 0 Å². The molecule has 0 spiro atoms. The summed E-state index contributed by atoms with van der Waals surface area (Å²) < 4.78 is 27.3. The molecular formula is C17H22N2O5S. The summed E-state index contributed by atoms with van der Waals surface area (Å²) in [6.07, 6.45) is 4.00. The molecule has 0 radical (unpaired) electrons. The van der Waals surface area contributed by atoms with Crippen LogP contribution in [0.15, 0.2) is 29.2 Å². The van der Waals surface area contributed by atoms with E-state index in [0.717, 1.165) is 25.7 Å². The summed E-state index contributed by atoms with van der Waals surface area (Å²) in [5.41, 5.74) is 0.197. The van der Waals surface area contributed by atoms with Gasteiger partial charge in [-0.1, -0.05) is 6.07 Å². The van der Waals surface area contributed by atoms with E-state index < -0.39 is 27.9 Å². The third-order valence-electron chi connectivity index (χ3n) is 4.70. The number of carbonyl (C=O) groups excluding carboxylic acids is 1. The number of nitrogens with zero attached hydrogens (tertiary/aromatic N) is 1. The maximum absolute atomic E-state index is 12.7. The number of carboxylic acid groups (broad SMARTS) is 1. The fourth-order valence-electron chi connectivity index (χ4n) is 3.03. The van der Waals surface area contributed by atoms with Crippen LogP contribution in [-0.4, -0.2) is 49.4 Å². The van der Waals surface area contributed by atoms with Crippen LogP contribution in [-0.2, 0) is 14.8 Å². The van der Waals surface area contributed by atoms with Gasteiger partial charge in [0.1, 0.15) is 6.04 Å². The van der Waals surface area contributed by atoms with E-state index >= 15 is 0 Å². The maximum Gasteiger partial charge on any atom is 0.326 e. The highest BCUT2D eigenvalue weighted by Crippen LogP contribution is 2.28. The Morgan fingerprint density at radius 2 is 1.96 bits per heavy atom. The van der Waals surface area contributed by atoms with Crippen molar-refractivity contribution >= 4 is 21.9 Å². The molecule has 1 unspecified atom stereocenters. The first kappa shape index (κ1) is 17.9. The number of likely N-dealkylation sites (tertiary alicyclic amines) is 1. The molecule has 2 aliphatic rings. The quantitative estimate of drug-likeness (QED) is 0.793. The van der Waals surface area contributed by atoms with Crippen molar-refractivity contribution in [2.45, 2.75) is 43.0 Å². The Balaban J connectivity index is 1.80. The van der Waals surface area contributed by atoms with Crippen LogP contribution >= 0.6 is 0 Å². The summed E-state index contributed by atoms with van der Waals surface area (Å²) in [6, 6.07) is 4.95. The van der Waals surface area contributed by atoms with E-state index in [1.54, 1.807) is 0 Å². The first-order valence-electron chi connectivity index (χ1n) is 8.52. The van der Waals surface area contributed by atoms with Gasteiger partial charge in [0.05, 0.1) is 4.90 Å². The molecule has 1 heterocycles. The lowest BCUT2D eigenvalue weighted by atomic mass is 10.0. The molecule has 2 N–H and O–H groups in total. The van der Waals surface area contributed by atoms with Crippen molar-refractivity contribution in [2.75, 3.05) is 13.1 Å². The van der Waals surface area contributed by atoms with Gasteiger partial charge in [0.2, 0.25) is 10.0 Å². The SMILES string of the molecule is O=C(O)C1CCCCN1C(=O)c1cccc(S(=O)(=O)NCC2CC2)c1. The number of amides is 1. The largest absolute Gasteiger partial charge is 0.480 e. The van der Waals surface area contributed by atoms with Crippen LogP contribution in [0.1, 0.15) is 42.5 Å². The first-order chi connectivity index (χ1) is 11.9. The number of nitrogens with one attached hydrogen (secondary N) is 1. The van der Waals surface area contributed by atoms with Crippen LogP contribution in [0.3, 0.4) is 0 Å². The smallest absolute Gasteiger partial charge is 0.326 e. The molecule has 2 fully saturated rings. The van der Waals surface area contributed by atoms with E-state index in [2.05, 4.69) is 4.72 Å². The number of hydrogen-bond donors (Lipinski definition) is 2. The number of carbonyl (C=O) groups is 2. The van der Waals surface area contributed by atoms with Crippen molar-refractivity contribution in [1.82, 2.24) is 9.62 Å².